The zero-order valence-electron chi connectivity index (χ0n) is 8.23. The lowest BCUT2D eigenvalue weighted by atomic mass is 10.1. The van der Waals surface area contributed by atoms with E-state index in [-0.39, 0.29) is 5.71 Å². The molecule has 0 spiro atoms. The molecule has 1 N–H and O–H groups in total. The van der Waals surface area contributed by atoms with Crippen molar-refractivity contribution in [3.8, 4) is 0 Å². The summed E-state index contributed by atoms with van der Waals surface area (Å²) >= 11 is 0. The molecular weight excluding hydrogens is 180 g/mol. The number of likely N-dealkylation sites (N-methyl/N-ethyl adjacent to an activating group) is 1. The number of hydrogen-bond donors (Lipinski definition) is 1. The lowest BCUT2D eigenvalue weighted by Gasteiger charge is -2.20. The van der Waals surface area contributed by atoms with Gasteiger partial charge in [0.15, 0.2) is 6.23 Å². The highest BCUT2D eigenvalue weighted by Gasteiger charge is 2.19. The first-order valence-electron chi connectivity index (χ1n) is 4.25. The summed E-state index contributed by atoms with van der Waals surface area (Å²) in [5.41, 5.74) is 0.868. The Hall–Kier alpha value is -1.23. The Labute approximate surface area is 83.2 Å². The lowest BCUT2D eigenvalue weighted by molar-refractivity contribution is -0.340. The van der Waals surface area contributed by atoms with Crippen molar-refractivity contribution in [2.75, 3.05) is 14.1 Å². The molecule has 0 amide bonds. The Kier molecular flexibility index (Phi) is 3.76. The van der Waals surface area contributed by atoms with Gasteiger partial charge in [-0.2, -0.15) is 4.89 Å². The average Bonchev–Trinajstić information content (AvgIpc) is 2.19. The SMILES string of the molecule is CN(C)C(O[O])C(=N)c1ccccc1. The fourth-order valence-electron chi connectivity index (χ4n) is 1.15. The second-order valence-corrected chi connectivity index (χ2v) is 3.19. The predicted molar refractivity (Wildman–Crippen MR) is 52.5 cm³/mol. The van der Waals surface area contributed by atoms with Crippen LogP contribution in [0.5, 0.6) is 0 Å². The van der Waals surface area contributed by atoms with Crippen LogP contribution in [-0.2, 0) is 10.1 Å². The van der Waals surface area contributed by atoms with E-state index in [0.717, 1.165) is 0 Å². The first-order valence-corrected chi connectivity index (χ1v) is 4.25. The Morgan fingerprint density at radius 3 is 2.36 bits per heavy atom. The maximum absolute atomic E-state index is 10.4. The van der Waals surface area contributed by atoms with Crippen molar-refractivity contribution in [3.05, 3.63) is 35.9 Å². The molecule has 4 heteroatoms. The summed E-state index contributed by atoms with van der Waals surface area (Å²) in [6.07, 6.45) is -0.836. The summed E-state index contributed by atoms with van der Waals surface area (Å²) in [7, 11) is 3.39. The van der Waals surface area contributed by atoms with Crippen molar-refractivity contribution in [1.82, 2.24) is 4.90 Å². The summed E-state index contributed by atoms with van der Waals surface area (Å²) < 4.78 is 0. The van der Waals surface area contributed by atoms with Crippen molar-refractivity contribution in [2.24, 2.45) is 0 Å². The molecule has 4 nitrogen and oxygen atoms in total. The normalized spacial score (nSPS) is 12.9. The van der Waals surface area contributed by atoms with Crippen molar-refractivity contribution >= 4 is 5.71 Å². The zero-order valence-corrected chi connectivity index (χ0v) is 8.23. The van der Waals surface area contributed by atoms with Gasteiger partial charge in [0, 0.05) is 0 Å². The Morgan fingerprint density at radius 2 is 1.93 bits per heavy atom. The molecule has 14 heavy (non-hydrogen) atoms. The standard InChI is InChI=1S/C10H13N2O2/c1-12(2)10(14-13)9(11)8-6-4-3-5-7-8/h3-7,10-11H,1-2H3. The summed E-state index contributed by atoms with van der Waals surface area (Å²) in [4.78, 5) is 5.54. The van der Waals surface area contributed by atoms with Gasteiger partial charge < -0.3 is 5.41 Å². The molecule has 1 aromatic rings. The van der Waals surface area contributed by atoms with Crippen molar-refractivity contribution in [2.45, 2.75) is 6.23 Å². The van der Waals surface area contributed by atoms with Crippen LogP contribution in [0.15, 0.2) is 30.3 Å². The molecule has 0 aliphatic carbocycles. The van der Waals surface area contributed by atoms with Crippen LogP contribution in [0.25, 0.3) is 0 Å². The van der Waals surface area contributed by atoms with Gasteiger partial charge in [0.2, 0.25) is 0 Å². The molecular formula is C10H13N2O2. The zero-order chi connectivity index (χ0) is 10.6. The molecule has 1 unspecified atom stereocenters. The molecule has 1 aromatic carbocycles. The highest BCUT2D eigenvalue weighted by atomic mass is 17.1. The van der Waals surface area contributed by atoms with Crippen molar-refractivity contribution in [1.29, 1.82) is 5.41 Å². The van der Waals surface area contributed by atoms with Crippen LogP contribution in [0.2, 0.25) is 0 Å². The molecule has 1 atom stereocenters. The number of nitrogens with one attached hydrogen (secondary N) is 1. The van der Waals surface area contributed by atoms with Crippen molar-refractivity contribution in [3.63, 3.8) is 0 Å². The van der Waals surface area contributed by atoms with E-state index in [9.17, 15) is 5.26 Å². The predicted octanol–water partition coefficient (Wildman–Crippen LogP) is 1.30. The van der Waals surface area contributed by atoms with E-state index < -0.39 is 6.23 Å². The summed E-state index contributed by atoms with van der Waals surface area (Å²) in [5, 5.41) is 18.2. The van der Waals surface area contributed by atoms with Crippen LogP contribution >= 0.6 is 0 Å². The van der Waals surface area contributed by atoms with Gasteiger partial charge in [-0.1, -0.05) is 30.3 Å². The average molecular weight is 193 g/mol. The summed E-state index contributed by atoms with van der Waals surface area (Å²) in [5.74, 6) is 0. The highest BCUT2D eigenvalue weighted by Crippen LogP contribution is 2.07. The Bertz CT molecular complexity index is 298. The van der Waals surface area contributed by atoms with Crippen LogP contribution in [-0.4, -0.2) is 30.9 Å². The topological polar surface area (TPSA) is 56.2 Å². The monoisotopic (exact) mass is 193 g/mol. The van der Waals surface area contributed by atoms with E-state index in [4.69, 9.17) is 5.41 Å². The Balaban J connectivity index is 2.84. The van der Waals surface area contributed by atoms with Gasteiger partial charge in [0.05, 0.1) is 5.71 Å². The van der Waals surface area contributed by atoms with Gasteiger partial charge in [-0.3, -0.25) is 4.90 Å². The largest absolute Gasteiger partial charge is 0.300 e. The summed E-state index contributed by atoms with van der Waals surface area (Å²) in [6, 6.07) is 9.05. The molecule has 0 saturated carbocycles. The molecule has 0 aromatic heterocycles. The third-order valence-corrected chi connectivity index (χ3v) is 1.89. The maximum Gasteiger partial charge on any atom is 0.191 e. The smallest absolute Gasteiger partial charge is 0.191 e. The third-order valence-electron chi connectivity index (χ3n) is 1.89. The quantitative estimate of drug-likeness (QED) is 0.339. The number of hydrogen-bond acceptors (Lipinski definition) is 3. The van der Waals surface area contributed by atoms with Crippen LogP contribution in [0.1, 0.15) is 5.56 Å². The summed E-state index contributed by atoms with van der Waals surface area (Å²) in [6.45, 7) is 0. The first kappa shape index (κ1) is 10.8. The van der Waals surface area contributed by atoms with E-state index in [1.165, 1.54) is 0 Å². The molecule has 0 fully saturated rings. The highest BCUT2D eigenvalue weighted by molar-refractivity contribution is 6.01. The van der Waals surface area contributed by atoms with Gasteiger partial charge >= 0.3 is 0 Å². The second kappa shape index (κ2) is 4.85. The van der Waals surface area contributed by atoms with Gasteiger partial charge in [-0.15, -0.1) is 0 Å². The third kappa shape index (κ3) is 2.38. The molecule has 0 bridgehead atoms. The van der Waals surface area contributed by atoms with Crippen LogP contribution < -0.4 is 0 Å². The number of nitrogens with zero attached hydrogens (tertiary/aromatic N) is 1. The number of rotatable bonds is 4. The maximum atomic E-state index is 10.4. The minimum Gasteiger partial charge on any atom is -0.300 e. The fourth-order valence-corrected chi connectivity index (χ4v) is 1.15. The molecule has 1 rings (SSSR count). The molecule has 0 saturated heterocycles. The van der Waals surface area contributed by atoms with E-state index >= 15 is 0 Å². The lowest BCUT2D eigenvalue weighted by Crippen LogP contribution is -2.37. The van der Waals surface area contributed by atoms with Gasteiger partial charge in [-0.05, 0) is 24.9 Å². The molecule has 0 aliphatic rings. The van der Waals surface area contributed by atoms with Crippen LogP contribution in [0, 0.1) is 5.41 Å². The van der Waals surface area contributed by atoms with E-state index in [1.807, 2.05) is 18.2 Å². The first-order chi connectivity index (χ1) is 6.66. The molecule has 75 valence electrons. The van der Waals surface area contributed by atoms with Gasteiger partial charge in [-0.25, -0.2) is 0 Å². The van der Waals surface area contributed by atoms with Crippen LogP contribution in [0.4, 0.5) is 0 Å². The molecule has 0 aliphatic heterocycles. The van der Waals surface area contributed by atoms with Gasteiger partial charge in [0.25, 0.3) is 0 Å². The molecule has 1 radical (unpaired) electrons. The second-order valence-electron chi connectivity index (χ2n) is 3.19. The van der Waals surface area contributed by atoms with E-state index in [1.54, 1.807) is 31.1 Å². The van der Waals surface area contributed by atoms with E-state index in [0.29, 0.717) is 5.56 Å². The fraction of sp³-hybridized carbons (Fsp3) is 0.300. The van der Waals surface area contributed by atoms with Crippen LogP contribution in [0.3, 0.4) is 0 Å². The minimum atomic E-state index is -0.836. The molecule has 0 heterocycles. The van der Waals surface area contributed by atoms with Gasteiger partial charge in [0.1, 0.15) is 0 Å². The minimum absolute atomic E-state index is 0.172. The van der Waals surface area contributed by atoms with Crippen molar-refractivity contribution < 1.29 is 10.1 Å². The Morgan fingerprint density at radius 1 is 1.36 bits per heavy atom. The van der Waals surface area contributed by atoms with E-state index in [2.05, 4.69) is 4.89 Å². The number of benzene rings is 1.